The minimum atomic E-state index is -0.980. The SMILES string of the molecule is CCCC1C(=O)N(C(Cc2ccc(Cl)cc2)C(=O)NCCF)CCN1C(=O)C(Cc1ccc(F)cc1)NC(=O)C1CCCN1. The molecule has 0 saturated carbocycles. The molecule has 2 aliphatic rings. The van der Waals surface area contributed by atoms with Crippen LogP contribution in [0.2, 0.25) is 5.02 Å². The molecule has 2 saturated heterocycles. The highest BCUT2D eigenvalue weighted by molar-refractivity contribution is 6.30. The molecule has 9 nitrogen and oxygen atoms in total. The van der Waals surface area contributed by atoms with Crippen LogP contribution in [0.5, 0.6) is 0 Å². The van der Waals surface area contributed by atoms with Crippen molar-refractivity contribution in [1.82, 2.24) is 25.8 Å². The van der Waals surface area contributed by atoms with Gasteiger partial charge in [0.25, 0.3) is 0 Å². The summed E-state index contributed by atoms with van der Waals surface area (Å²) in [6.45, 7) is 1.90. The number of piperazine rings is 1. The normalized spacial score (nSPS) is 19.9. The van der Waals surface area contributed by atoms with Crippen molar-refractivity contribution in [3.8, 4) is 0 Å². The quantitative estimate of drug-likeness (QED) is 0.315. The first-order chi connectivity index (χ1) is 21.2. The van der Waals surface area contributed by atoms with Crippen LogP contribution in [0, 0.1) is 5.82 Å². The van der Waals surface area contributed by atoms with E-state index in [4.69, 9.17) is 11.6 Å². The van der Waals surface area contributed by atoms with E-state index in [1.54, 1.807) is 36.4 Å². The summed E-state index contributed by atoms with van der Waals surface area (Å²) in [6.07, 6.45) is 2.74. The monoisotopic (exact) mass is 631 g/mol. The Labute approximate surface area is 261 Å². The summed E-state index contributed by atoms with van der Waals surface area (Å²) in [5.41, 5.74) is 1.43. The molecule has 2 aromatic carbocycles. The van der Waals surface area contributed by atoms with Crippen molar-refractivity contribution in [2.75, 3.05) is 32.9 Å². The lowest BCUT2D eigenvalue weighted by Gasteiger charge is -2.44. The van der Waals surface area contributed by atoms with Crippen molar-refractivity contribution in [2.45, 2.75) is 69.6 Å². The predicted octanol–water partition coefficient (Wildman–Crippen LogP) is 2.79. The highest BCUT2D eigenvalue weighted by Crippen LogP contribution is 2.23. The maximum Gasteiger partial charge on any atom is 0.246 e. The summed E-state index contributed by atoms with van der Waals surface area (Å²) in [4.78, 5) is 57.5. The number of alkyl halides is 1. The molecule has 2 aromatic rings. The maximum atomic E-state index is 14.1. The number of amides is 4. The smallest absolute Gasteiger partial charge is 0.246 e. The zero-order valence-corrected chi connectivity index (χ0v) is 25.6. The first kappa shape index (κ1) is 33.3. The van der Waals surface area contributed by atoms with Crippen LogP contribution in [0.1, 0.15) is 43.7 Å². The molecule has 0 radical (unpaired) electrons. The first-order valence-electron chi connectivity index (χ1n) is 15.2. The van der Waals surface area contributed by atoms with E-state index >= 15 is 0 Å². The van der Waals surface area contributed by atoms with E-state index < -0.39 is 48.5 Å². The minimum Gasteiger partial charge on any atom is -0.352 e. The molecule has 2 aliphatic heterocycles. The van der Waals surface area contributed by atoms with Gasteiger partial charge >= 0.3 is 0 Å². The Morgan fingerprint density at radius 1 is 1.05 bits per heavy atom. The fourth-order valence-corrected chi connectivity index (χ4v) is 5.97. The Morgan fingerprint density at radius 3 is 2.36 bits per heavy atom. The number of nitrogens with one attached hydrogen (secondary N) is 3. The van der Waals surface area contributed by atoms with E-state index in [1.165, 1.54) is 21.9 Å². The summed E-state index contributed by atoms with van der Waals surface area (Å²) >= 11 is 6.03. The number of carbonyl (C=O) groups is 4. The highest BCUT2D eigenvalue weighted by Gasteiger charge is 2.43. The van der Waals surface area contributed by atoms with Gasteiger partial charge in [-0.05, 0) is 61.2 Å². The van der Waals surface area contributed by atoms with Crippen LogP contribution in [0.15, 0.2) is 48.5 Å². The van der Waals surface area contributed by atoms with E-state index in [9.17, 15) is 28.0 Å². The molecule has 3 N–H and O–H groups in total. The number of halogens is 3. The van der Waals surface area contributed by atoms with Crippen LogP contribution in [0.25, 0.3) is 0 Å². The molecular formula is C32H40ClF2N5O4. The lowest BCUT2D eigenvalue weighted by atomic mass is 9.97. The molecular weight excluding hydrogens is 592 g/mol. The van der Waals surface area contributed by atoms with Crippen LogP contribution in [0.4, 0.5) is 8.78 Å². The minimum absolute atomic E-state index is 0.0769. The molecule has 0 spiro atoms. The molecule has 2 heterocycles. The van der Waals surface area contributed by atoms with Crippen LogP contribution in [0.3, 0.4) is 0 Å². The number of hydrogen-bond acceptors (Lipinski definition) is 5. The number of rotatable bonds is 13. The van der Waals surface area contributed by atoms with Gasteiger partial charge in [-0.2, -0.15) is 0 Å². The topological polar surface area (TPSA) is 111 Å². The van der Waals surface area contributed by atoms with Crippen molar-refractivity contribution in [1.29, 1.82) is 0 Å². The standard InChI is InChI=1S/C32H40ClF2N5O4/c1-2-4-27-32(44)40(28(30(42)37-16-14-34)20-22-6-10-23(33)11-7-22)18-17-39(27)31(43)26(19-21-8-12-24(35)13-9-21)38-29(41)25-5-3-15-36-25/h6-13,25-28,36H,2-5,14-20H2,1H3,(H,37,42)(H,38,41). The van der Waals surface area contributed by atoms with Crippen LogP contribution >= 0.6 is 11.6 Å². The van der Waals surface area contributed by atoms with Crippen LogP contribution in [-0.2, 0) is 32.0 Å². The molecule has 12 heteroatoms. The molecule has 4 rings (SSSR count). The van der Waals surface area contributed by atoms with Gasteiger partial charge < -0.3 is 25.8 Å². The molecule has 0 aromatic heterocycles. The molecule has 4 unspecified atom stereocenters. The number of nitrogens with zero attached hydrogens (tertiary/aromatic N) is 2. The Hall–Kier alpha value is -3.57. The van der Waals surface area contributed by atoms with Gasteiger partial charge in [0, 0.05) is 37.5 Å². The molecule has 238 valence electrons. The number of benzene rings is 2. The van der Waals surface area contributed by atoms with Crippen LogP contribution in [-0.4, -0.2) is 90.4 Å². The molecule has 4 atom stereocenters. The Balaban J connectivity index is 1.58. The summed E-state index contributed by atoms with van der Waals surface area (Å²) in [5.74, 6) is -1.99. The molecule has 2 fully saturated rings. The van der Waals surface area contributed by atoms with E-state index in [0.717, 1.165) is 12.0 Å². The van der Waals surface area contributed by atoms with Gasteiger partial charge in [0.1, 0.15) is 30.6 Å². The van der Waals surface area contributed by atoms with Gasteiger partial charge in [-0.3, -0.25) is 19.2 Å². The fourth-order valence-electron chi connectivity index (χ4n) is 5.85. The van der Waals surface area contributed by atoms with Gasteiger partial charge in [-0.25, -0.2) is 8.78 Å². The van der Waals surface area contributed by atoms with Crippen molar-refractivity contribution < 1.29 is 28.0 Å². The average Bonchev–Trinajstić information content (AvgIpc) is 3.57. The van der Waals surface area contributed by atoms with Gasteiger partial charge in [0.15, 0.2) is 0 Å². The van der Waals surface area contributed by atoms with Crippen LogP contribution < -0.4 is 16.0 Å². The summed E-state index contributed by atoms with van der Waals surface area (Å²) in [7, 11) is 0. The molecule has 0 aliphatic carbocycles. The predicted molar refractivity (Wildman–Crippen MR) is 163 cm³/mol. The first-order valence-corrected chi connectivity index (χ1v) is 15.6. The maximum absolute atomic E-state index is 14.1. The van der Waals surface area contributed by atoms with Gasteiger partial charge in [0.2, 0.25) is 23.6 Å². The molecule has 0 bridgehead atoms. The van der Waals surface area contributed by atoms with E-state index in [0.29, 0.717) is 36.4 Å². The zero-order chi connectivity index (χ0) is 31.6. The van der Waals surface area contributed by atoms with E-state index in [2.05, 4.69) is 16.0 Å². The summed E-state index contributed by atoms with van der Waals surface area (Å²) in [6, 6.07) is 9.50. The largest absolute Gasteiger partial charge is 0.352 e. The van der Waals surface area contributed by atoms with E-state index in [-0.39, 0.29) is 44.3 Å². The van der Waals surface area contributed by atoms with Gasteiger partial charge in [-0.15, -0.1) is 0 Å². The van der Waals surface area contributed by atoms with Crippen molar-refractivity contribution >= 4 is 35.2 Å². The van der Waals surface area contributed by atoms with Gasteiger partial charge in [-0.1, -0.05) is 49.2 Å². The average molecular weight is 632 g/mol. The lowest BCUT2D eigenvalue weighted by Crippen LogP contribution is -2.66. The van der Waals surface area contributed by atoms with Crippen molar-refractivity contribution in [3.63, 3.8) is 0 Å². The summed E-state index contributed by atoms with van der Waals surface area (Å²) in [5, 5.41) is 9.12. The third kappa shape index (κ3) is 8.53. The second-order valence-electron chi connectivity index (χ2n) is 11.2. The van der Waals surface area contributed by atoms with Gasteiger partial charge in [0.05, 0.1) is 6.04 Å². The third-order valence-corrected chi connectivity index (χ3v) is 8.38. The van der Waals surface area contributed by atoms with E-state index in [1.807, 2.05) is 6.92 Å². The number of hydrogen-bond donors (Lipinski definition) is 3. The zero-order valence-electron chi connectivity index (χ0n) is 24.9. The summed E-state index contributed by atoms with van der Waals surface area (Å²) < 4.78 is 26.5. The third-order valence-electron chi connectivity index (χ3n) is 8.13. The lowest BCUT2D eigenvalue weighted by molar-refractivity contribution is -0.157. The fraction of sp³-hybridized carbons (Fsp3) is 0.500. The highest BCUT2D eigenvalue weighted by atomic mass is 35.5. The second kappa shape index (κ2) is 15.9. The molecule has 4 amide bonds. The Morgan fingerprint density at radius 2 is 1.73 bits per heavy atom. The van der Waals surface area contributed by atoms with Crippen molar-refractivity contribution in [2.24, 2.45) is 0 Å². The van der Waals surface area contributed by atoms with Crippen molar-refractivity contribution in [3.05, 3.63) is 70.5 Å². The second-order valence-corrected chi connectivity index (χ2v) is 11.7. The number of carbonyl (C=O) groups excluding carboxylic acids is 4. The Bertz CT molecular complexity index is 1290. The Kier molecular flexibility index (Phi) is 12.1. The molecule has 44 heavy (non-hydrogen) atoms.